The summed E-state index contributed by atoms with van der Waals surface area (Å²) in [5, 5.41) is 13.3. The number of Topliss-reactive ketones (excluding diaryl/α,β-unsaturated/α-hetero) is 1. The fourth-order valence-electron chi connectivity index (χ4n) is 6.81. The molecule has 51 heavy (non-hydrogen) atoms. The zero-order chi connectivity index (χ0) is 38.4. The molecular weight excluding hydrogens is 654 g/mol. The SMILES string of the molecule is CCCCC(NC(=O)[C@@H]1C2[C@H](CN1C(=O)[C@@H](NC(=O)NC(C)C)C(C)(C)C)C2(C)C)C(=O)C(=O)NCC(=O)N[C@H](C(=O)N(C)C)c1ccccc1. The van der Waals surface area contributed by atoms with Crippen LogP contribution in [0.3, 0.4) is 0 Å². The number of nitrogens with one attached hydrogen (secondary N) is 5. The van der Waals surface area contributed by atoms with E-state index >= 15 is 0 Å². The molecule has 14 heteroatoms. The number of fused-ring (bicyclic) bond motifs is 1. The summed E-state index contributed by atoms with van der Waals surface area (Å²) < 4.78 is 0. The van der Waals surface area contributed by atoms with Gasteiger partial charge in [-0.2, -0.15) is 0 Å². The van der Waals surface area contributed by atoms with Crippen LogP contribution < -0.4 is 26.6 Å². The van der Waals surface area contributed by atoms with Crippen LogP contribution in [0.1, 0.15) is 86.3 Å². The Balaban J connectivity index is 1.75. The molecule has 0 aromatic heterocycles. The third-order valence-electron chi connectivity index (χ3n) is 9.81. The summed E-state index contributed by atoms with van der Waals surface area (Å²) in [4.78, 5) is 96.0. The van der Waals surface area contributed by atoms with Gasteiger partial charge >= 0.3 is 6.03 Å². The highest BCUT2D eigenvalue weighted by Gasteiger charge is 2.70. The number of hydrogen-bond donors (Lipinski definition) is 5. The minimum absolute atomic E-state index is 0.0491. The normalized spacial score (nSPS) is 20.6. The lowest BCUT2D eigenvalue weighted by molar-refractivity contribution is -0.145. The van der Waals surface area contributed by atoms with E-state index in [1.165, 1.54) is 9.80 Å². The quantitative estimate of drug-likeness (QED) is 0.172. The standard InChI is InChI=1S/C37H57N7O7/c1-11-12-18-24(29(46)32(48)38-19-25(45)41-27(33(49)43(9)10)22-16-14-13-15-17-22)40-31(47)28-26-23(37(26,7)8)20-44(28)34(50)30(36(4,5)6)42-35(51)39-21(2)3/h13-17,21,23-24,26-28,30H,11-12,18-20H2,1-10H3,(H,38,48)(H,40,47)(H,41,45)(H2,39,42,51)/t23-,24?,26?,27-,28-,30+/m0/s1. The molecule has 5 N–H and O–H groups in total. The highest BCUT2D eigenvalue weighted by molar-refractivity contribution is 6.38. The summed E-state index contributed by atoms with van der Waals surface area (Å²) in [6.07, 6.45) is 1.39. The summed E-state index contributed by atoms with van der Waals surface area (Å²) in [5.41, 5.74) is -0.352. The van der Waals surface area contributed by atoms with Gasteiger partial charge in [0.25, 0.3) is 5.91 Å². The van der Waals surface area contributed by atoms with Gasteiger partial charge in [-0.25, -0.2) is 4.79 Å². The van der Waals surface area contributed by atoms with Gasteiger partial charge in [0.2, 0.25) is 29.4 Å². The van der Waals surface area contributed by atoms with Gasteiger partial charge < -0.3 is 36.4 Å². The van der Waals surface area contributed by atoms with Crippen molar-refractivity contribution in [3.8, 4) is 0 Å². The number of nitrogens with zero attached hydrogens (tertiary/aromatic N) is 2. The minimum atomic E-state index is -1.20. The van der Waals surface area contributed by atoms with Crippen LogP contribution in [0, 0.1) is 22.7 Å². The van der Waals surface area contributed by atoms with Crippen molar-refractivity contribution in [2.24, 2.45) is 22.7 Å². The van der Waals surface area contributed by atoms with E-state index in [1.807, 2.05) is 55.4 Å². The van der Waals surface area contributed by atoms with Crippen molar-refractivity contribution < 1.29 is 33.6 Å². The first-order valence-corrected chi connectivity index (χ1v) is 17.8. The molecule has 1 saturated heterocycles. The monoisotopic (exact) mass is 711 g/mol. The molecule has 6 atom stereocenters. The maximum absolute atomic E-state index is 14.1. The maximum atomic E-state index is 14.1. The highest BCUT2D eigenvalue weighted by Crippen LogP contribution is 2.65. The van der Waals surface area contributed by atoms with E-state index in [2.05, 4.69) is 26.6 Å². The second kappa shape index (κ2) is 16.7. The molecule has 1 heterocycles. The molecule has 7 amide bonds. The first-order valence-electron chi connectivity index (χ1n) is 17.8. The van der Waals surface area contributed by atoms with E-state index in [4.69, 9.17) is 0 Å². The van der Waals surface area contributed by atoms with E-state index in [-0.39, 0.29) is 35.6 Å². The minimum Gasteiger partial charge on any atom is -0.347 e. The molecule has 1 saturated carbocycles. The Kier molecular flexibility index (Phi) is 13.4. The van der Waals surface area contributed by atoms with E-state index in [1.54, 1.807) is 44.4 Å². The molecule has 2 unspecified atom stereocenters. The van der Waals surface area contributed by atoms with Gasteiger partial charge in [0, 0.05) is 26.7 Å². The predicted octanol–water partition coefficient (Wildman–Crippen LogP) is 1.90. The van der Waals surface area contributed by atoms with Gasteiger partial charge in [-0.05, 0) is 48.5 Å². The summed E-state index contributed by atoms with van der Waals surface area (Å²) in [6.45, 7) is 14.9. The Hall–Kier alpha value is -4.49. The smallest absolute Gasteiger partial charge is 0.315 e. The number of urea groups is 1. The first kappa shape index (κ1) is 40.9. The average molecular weight is 712 g/mol. The molecule has 2 fully saturated rings. The van der Waals surface area contributed by atoms with Crippen LogP contribution in [0.25, 0.3) is 0 Å². The lowest BCUT2D eigenvalue weighted by atomic mass is 9.85. The van der Waals surface area contributed by atoms with Gasteiger partial charge in [-0.1, -0.05) is 84.7 Å². The van der Waals surface area contributed by atoms with Crippen molar-refractivity contribution in [3.05, 3.63) is 35.9 Å². The zero-order valence-electron chi connectivity index (χ0n) is 31.7. The molecule has 1 aliphatic carbocycles. The van der Waals surface area contributed by atoms with Crippen LogP contribution in [-0.4, -0.2) is 103 Å². The van der Waals surface area contributed by atoms with E-state index in [0.717, 1.165) is 0 Å². The molecule has 282 valence electrons. The van der Waals surface area contributed by atoms with Gasteiger partial charge in [0.05, 0.1) is 12.6 Å². The molecule has 0 bridgehead atoms. The third kappa shape index (κ3) is 10.1. The Morgan fingerprint density at radius 1 is 0.941 bits per heavy atom. The molecule has 0 spiro atoms. The second-order valence-corrected chi connectivity index (χ2v) is 15.9. The molecule has 0 radical (unpaired) electrons. The average Bonchev–Trinajstić information content (AvgIpc) is 3.36. The molecule has 1 aromatic rings. The summed E-state index contributed by atoms with van der Waals surface area (Å²) in [7, 11) is 3.12. The van der Waals surface area contributed by atoms with Crippen LogP contribution in [0.5, 0.6) is 0 Å². The van der Waals surface area contributed by atoms with Crippen LogP contribution >= 0.6 is 0 Å². The third-order valence-corrected chi connectivity index (χ3v) is 9.81. The van der Waals surface area contributed by atoms with Crippen molar-refractivity contribution in [1.82, 2.24) is 36.4 Å². The van der Waals surface area contributed by atoms with E-state index in [0.29, 0.717) is 24.9 Å². The number of carbonyl (C=O) groups excluding carboxylic acids is 7. The van der Waals surface area contributed by atoms with Gasteiger partial charge in [0.1, 0.15) is 18.1 Å². The Labute approximate surface area is 301 Å². The lowest BCUT2D eigenvalue weighted by Crippen LogP contribution is -2.61. The number of rotatable bonds is 15. The highest BCUT2D eigenvalue weighted by atomic mass is 16.2. The van der Waals surface area contributed by atoms with Crippen LogP contribution in [0.2, 0.25) is 0 Å². The number of unbranched alkanes of at least 4 members (excludes halogenated alkanes) is 1. The fourth-order valence-corrected chi connectivity index (χ4v) is 6.81. The van der Waals surface area contributed by atoms with Crippen LogP contribution in [-0.2, 0) is 28.8 Å². The predicted molar refractivity (Wildman–Crippen MR) is 192 cm³/mol. The zero-order valence-corrected chi connectivity index (χ0v) is 31.7. The molecule has 2 aliphatic rings. The number of piperidine rings is 1. The second-order valence-electron chi connectivity index (χ2n) is 15.9. The topological polar surface area (TPSA) is 186 Å². The number of likely N-dealkylation sites (tertiary alicyclic amines) is 1. The van der Waals surface area contributed by atoms with Crippen molar-refractivity contribution in [2.45, 2.75) is 105 Å². The number of hydrogen-bond acceptors (Lipinski definition) is 7. The van der Waals surface area contributed by atoms with Gasteiger partial charge in [-0.15, -0.1) is 0 Å². The Bertz CT molecular complexity index is 1470. The number of likely N-dealkylation sites (N-methyl/N-ethyl adjacent to an activating group) is 1. The lowest BCUT2D eigenvalue weighted by Gasteiger charge is -2.38. The Morgan fingerprint density at radius 3 is 2.12 bits per heavy atom. The molecule has 1 aliphatic heterocycles. The van der Waals surface area contributed by atoms with Crippen molar-refractivity contribution in [3.63, 3.8) is 0 Å². The number of benzene rings is 1. The molecule has 3 rings (SSSR count). The van der Waals surface area contributed by atoms with E-state index in [9.17, 15) is 33.6 Å². The molecular formula is C37H57N7O7. The van der Waals surface area contributed by atoms with Gasteiger partial charge in [-0.3, -0.25) is 28.8 Å². The van der Waals surface area contributed by atoms with Gasteiger partial charge in [0.15, 0.2) is 0 Å². The van der Waals surface area contributed by atoms with Crippen molar-refractivity contribution >= 4 is 41.4 Å². The summed E-state index contributed by atoms with van der Waals surface area (Å²) in [6, 6.07) is 3.97. The first-order chi connectivity index (χ1) is 23.7. The molecule has 14 nitrogen and oxygen atoms in total. The van der Waals surface area contributed by atoms with Crippen molar-refractivity contribution in [1.29, 1.82) is 0 Å². The summed E-state index contributed by atoms with van der Waals surface area (Å²) in [5.74, 6) is -4.10. The fraction of sp³-hybridized carbons (Fsp3) is 0.649. The largest absolute Gasteiger partial charge is 0.347 e. The van der Waals surface area contributed by atoms with Crippen molar-refractivity contribution in [2.75, 3.05) is 27.2 Å². The summed E-state index contributed by atoms with van der Waals surface area (Å²) >= 11 is 0. The molecule has 1 aromatic carbocycles. The van der Waals surface area contributed by atoms with Crippen LogP contribution in [0.15, 0.2) is 30.3 Å². The maximum Gasteiger partial charge on any atom is 0.315 e. The number of amides is 7. The Morgan fingerprint density at radius 2 is 1.57 bits per heavy atom. The number of ketones is 1. The van der Waals surface area contributed by atoms with E-state index < -0.39 is 71.6 Å². The number of carbonyl (C=O) groups is 7. The van der Waals surface area contributed by atoms with Crippen LogP contribution in [0.4, 0.5) is 4.79 Å².